The summed E-state index contributed by atoms with van der Waals surface area (Å²) < 4.78 is 46.8. The van der Waals surface area contributed by atoms with E-state index in [0.29, 0.717) is 29.2 Å². The van der Waals surface area contributed by atoms with Gasteiger partial charge in [-0.15, -0.1) is 0 Å². The van der Waals surface area contributed by atoms with E-state index in [9.17, 15) is 17.6 Å². The van der Waals surface area contributed by atoms with Crippen molar-refractivity contribution < 1.29 is 22.3 Å². The van der Waals surface area contributed by atoms with E-state index in [1.165, 1.54) is 42.5 Å². The van der Waals surface area contributed by atoms with E-state index < -0.39 is 27.8 Å². The van der Waals surface area contributed by atoms with E-state index in [0.717, 1.165) is 0 Å². The lowest BCUT2D eigenvalue weighted by atomic mass is 10.1. The lowest BCUT2D eigenvalue weighted by Crippen LogP contribution is -2.27. The molecule has 0 radical (unpaired) electrons. The molecule has 0 aliphatic rings. The first kappa shape index (κ1) is 22.3. The Hall–Kier alpha value is -3.39. The summed E-state index contributed by atoms with van der Waals surface area (Å²) in [5.41, 5.74) is 1.02. The fraction of sp³-hybridized carbons (Fsp3) is 0.174. The molecule has 0 spiro atoms. The summed E-state index contributed by atoms with van der Waals surface area (Å²) in [5.74, 6) is -0.201. The van der Waals surface area contributed by atoms with Crippen molar-refractivity contribution in [3.8, 4) is 5.75 Å². The number of carbonyl (C=O) groups excluding carboxylic acids is 1. The van der Waals surface area contributed by atoms with Gasteiger partial charge in [0.05, 0.1) is 17.5 Å². The molecule has 1 unspecified atom stereocenters. The molecule has 0 aliphatic carbocycles. The Morgan fingerprint density at radius 3 is 2.26 bits per heavy atom. The van der Waals surface area contributed by atoms with Gasteiger partial charge in [-0.05, 0) is 68.4 Å². The van der Waals surface area contributed by atoms with Gasteiger partial charge in [0, 0.05) is 16.8 Å². The quantitative estimate of drug-likeness (QED) is 0.537. The highest BCUT2D eigenvalue weighted by Crippen LogP contribution is 2.21. The molecule has 0 bridgehead atoms. The van der Waals surface area contributed by atoms with Gasteiger partial charge in [0.2, 0.25) is 0 Å². The Labute approximate surface area is 181 Å². The first-order valence-corrected chi connectivity index (χ1v) is 11.2. The van der Waals surface area contributed by atoms with Crippen molar-refractivity contribution >= 4 is 21.6 Å². The third-order valence-electron chi connectivity index (χ3n) is 4.56. The monoisotopic (exact) mass is 442 g/mol. The van der Waals surface area contributed by atoms with Crippen LogP contribution in [0.1, 0.15) is 35.8 Å². The molecule has 6 nitrogen and oxygen atoms in total. The molecule has 0 aliphatic heterocycles. The number of hydrogen-bond donors (Lipinski definition) is 2. The van der Waals surface area contributed by atoms with E-state index in [1.54, 1.807) is 37.3 Å². The zero-order chi connectivity index (χ0) is 22.4. The summed E-state index contributed by atoms with van der Waals surface area (Å²) in [5, 5.41) is 2.73. The van der Waals surface area contributed by atoms with E-state index in [2.05, 4.69) is 10.0 Å². The number of benzene rings is 3. The summed E-state index contributed by atoms with van der Waals surface area (Å²) >= 11 is 0. The van der Waals surface area contributed by atoms with Gasteiger partial charge in [0.1, 0.15) is 11.6 Å². The van der Waals surface area contributed by atoms with Gasteiger partial charge in [0.25, 0.3) is 15.9 Å². The molecule has 3 rings (SSSR count). The van der Waals surface area contributed by atoms with Crippen LogP contribution in [0.2, 0.25) is 0 Å². The minimum atomic E-state index is -3.79. The standard InChI is InChI=1S/C23H23FN2O4S/c1-3-30-19-12-14-20(15-13-19)31(28,29)26-18-10-8-17(9-11-18)23(27)25-16(2)21-6-4-5-7-22(21)24/h4-16,26H,3H2,1-2H3,(H,25,27). The van der Waals surface area contributed by atoms with E-state index >= 15 is 0 Å². The van der Waals surface area contributed by atoms with E-state index in [1.807, 2.05) is 6.92 Å². The topological polar surface area (TPSA) is 84.5 Å². The predicted molar refractivity (Wildman–Crippen MR) is 117 cm³/mol. The summed E-state index contributed by atoms with van der Waals surface area (Å²) in [6, 6.07) is 17.8. The number of anilines is 1. The zero-order valence-corrected chi connectivity index (χ0v) is 17.9. The molecular formula is C23H23FN2O4S. The maximum atomic E-state index is 13.9. The van der Waals surface area contributed by atoms with Crippen molar-refractivity contribution in [2.75, 3.05) is 11.3 Å². The van der Waals surface area contributed by atoms with Gasteiger partial charge >= 0.3 is 0 Å². The predicted octanol–water partition coefficient (Wildman–Crippen LogP) is 4.52. The van der Waals surface area contributed by atoms with Crippen molar-refractivity contribution in [1.29, 1.82) is 0 Å². The lowest BCUT2D eigenvalue weighted by Gasteiger charge is -2.15. The van der Waals surface area contributed by atoms with Crippen molar-refractivity contribution in [3.63, 3.8) is 0 Å². The minimum Gasteiger partial charge on any atom is -0.494 e. The second kappa shape index (κ2) is 9.61. The molecular weight excluding hydrogens is 419 g/mol. The number of hydrogen-bond acceptors (Lipinski definition) is 4. The summed E-state index contributed by atoms with van der Waals surface area (Å²) in [6.45, 7) is 4.02. The maximum Gasteiger partial charge on any atom is 0.261 e. The lowest BCUT2D eigenvalue weighted by molar-refractivity contribution is 0.0939. The minimum absolute atomic E-state index is 0.0940. The Morgan fingerprint density at radius 1 is 1.00 bits per heavy atom. The largest absolute Gasteiger partial charge is 0.494 e. The fourth-order valence-electron chi connectivity index (χ4n) is 2.97. The molecule has 31 heavy (non-hydrogen) atoms. The Balaban J connectivity index is 1.66. The summed E-state index contributed by atoms with van der Waals surface area (Å²) in [6.07, 6.45) is 0. The van der Waals surface area contributed by atoms with E-state index in [-0.39, 0.29) is 4.90 Å². The highest BCUT2D eigenvalue weighted by Gasteiger charge is 2.16. The number of rotatable bonds is 8. The van der Waals surface area contributed by atoms with Crippen molar-refractivity contribution in [1.82, 2.24) is 5.32 Å². The van der Waals surface area contributed by atoms with Gasteiger partial charge in [-0.25, -0.2) is 12.8 Å². The van der Waals surface area contributed by atoms with Crippen LogP contribution in [-0.4, -0.2) is 20.9 Å². The van der Waals surface area contributed by atoms with Gasteiger partial charge < -0.3 is 10.1 Å². The number of sulfonamides is 1. The molecule has 0 saturated heterocycles. The van der Waals surface area contributed by atoms with Gasteiger partial charge in [0.15, 0.2) is 0 Å². The van der Waals surface area contributed by atoms with Crippen LogP contribution in [0.4, 0.5) is 10.1 Å². The molecule has 2 N–H and O–H groups in total. The van der Waals surface area contributed by atoms with Crippen LogP contribution in [-0.2, 0) is 10.0 Å². The van der Waals surface area contributed by atoms with Crippen LogP contribution in [0, 0.1) is 5.82 Å². The third-order valence-corrected chi connectivity index (χ3v) is 5.96. The Kier molecular flexibility index (Phi) is 6.91. The maximum absolute atomic E-state index is 13.9. The van der Waals surface area contributed by atoms with Crippen LogP contribution >= 0.6 is 0 Å². The average molecular weight is 443 g/mol. The van der Waals surface area contributed by atoms with Crippen LogP contribution in [0.15, 0.2) is 77.7 Å². The van der Waals surface area contributed by atoms with Crippen molar-refractivity contribution in [3.05, 3.63) is 89.7 Å². The summed E-state index contributed by atoms with van der Waals surface area (Å²) in [4.78, 5) is 12.6. The Bertz CT molecular complexity index is 1150. The van der Waals surface area contributed by atoms with Crippen LogP contribution < -0.4 is 14.8 Å². The first-order chi connectivity index (χ1) is 14.8. The van der Waals surface area contributed by atoms with Crippen molar-refractivity contribution in [2.45, 2.75) is 24.8 Å². The Morgan fingerprint density at radius 2 is 1.65 bits per heavy atom. The molecule has 8 heteroatoms. The van der Waals surface area contributed by atoms with Gasteiger partial charge in [-0.2, -0.15) is 0 Å². The van der Waals surface area contributed by atoms with Crippen molar-refractivity contribution in [2.24, 2.45) is 0 Å². The average Bonchev–Trinajstić information content (AvgIpc) is 2.75. The molecule has 0 aromatic heterocycles. The number of ether oxygens (including phenoxy) is 1. The normalized spacial score (nSPS) is 12.1. The highest BCUT2D eigenvalue weighted by atomic mass is 32.2. The zero-order valence-electron chi connectivity index (χ0n) is 17.1. The molecule has 1 amide bonds. The second-order valence-electron chi connectivity index (χ2n) is 6.80. The molecule has 0 fully saturated rings. The van der Waals surface area contributed by atoms with Crippen LogP contribution in [0.25, 0.3) is 0 Å². The fourth-order valence-corrected chi connectivity index (χ4v) is 4.03. The second-order valence-corrected chi connectivity index (χ2v) is 8.49. The molecule has 3 aromatic carbocycles. The molecule has 0 saturated carbocycles. The molecule has 1 atom stereocenters. The van der Waals surface area contributed by atoms with Gasteiger partial charge in [-0.1, -0.05) is 18.2 Å². The van der Waals surface area contributed by atoms with Crippen LogP contribution in [0.3, 0.4) is 0 Å². The van der Waals surface area contributed by atoms with E-state index in [4.69, 9.17) is 4.74 Å². The number of nitrogens with one attached hydrogen (secondary N) is 2. The first-order valence-electron chi connectivity index (χ1n) is 9.71. The van der Waals surface area contributed by atoms with Crippen LogP contribution in [0.5, 0.6) is 5.75 Å². The number of carbonyl (C=O) groups is 1. The molecule has 162 valence electrons. The highest BCUT2D eigenvalue weighted by molar-refractivity contribution is 7.92. The SMILES string of the molecule is CCOc1ccc(S(=O)(=O)Nc2ccc(C(=O)NC(C)c3ccccc3F)cc2)cc1. The smallest absolute Gasteiger partial charge is 0.261 e. The molecule has 0 heterocycles. The third kappa shape index (κ3) is 5.61. The molecule has 3 aromatic rings. The number of halogens is 1. The summed E-state index contributed by atoms with van der Waals surface area (Å²) in [7, 11) is -3.79. The van der Waals surface area contributed by atoms with Gasteiger partial charge in [-0.3, -0.25) is 9.52 Å². The number of amides is 1.